The number of para-hydroxylation sites is 1. The Bertz CT molecular complexity index is 491. The number of nitrogens with zero attached hydrogens (tertiary/aromatic N) is 2. The van der Waals surface area contributed by atoms with Crippen LogP contribution < -0.4 is 5.32 Å². The second-order valence-electron chi connectivity index (χ2n) is 3.75. The van der Waals surface area contributed by atoms with Crippen molar-refractivity contribution < 1.29 is 0 Å². The monoisotopic (exact) mass is 235 g/mol. The Morgan fingerprint density at radius 1 is 1.38 bits per heavy atom. The predicted octanol–water partition coefficient (Wildman–Crippen LogP) is 2.99. The molecular formula is C12H14ClN3. The molecule has 0 aliphatic carbocycles. The zero-order valence-electron chi connectivity index (χ0n) is 9.37. The normalized spacial score (nSPS) is 10.4. The van der Waals surface area contributed by atoms with Crippen molar-refractivity contribution in [3.05, 3.63) is 46.7 Å². The van der Waals surface area contributed by atoms with Gasteiger partial charge in [0.25, 0.3) is 0 Å². The van der Waals surface area contributed by atoms with E-state index in [9.17, 15) is 0 Å². The minimum atomic E-state index is 0.739. The fraction of sp³-hybridized carbons (Fsp3) is 0.250. The van der Waals surface area contributed by atoms with Crippen LogP contribution in [0.3, 0.4) is 0 Å². The molecule has 0 amide bonds. The van der Waals surface area contributed by atoms with Gasteiger partial charge in [0.05, 0.1) is 16.4 Å². The van der Waals surface area contributed by atoms with E-state index < -0.39 is 0 Å². The molecular weight excluding hydrogens is 222 g/mol. The van der Waals surface area contributed by atoms with E-state index in [1.807, 2.05) is 49.1 Å². The number of hydrogen-bond donors (Lipinski definition) is 1. The van der Waals surface area contributed by atoms with Gasteiger partial charge in [0, 0.05) is 25.4 Å². The van der Waals surface area contributed by atoms with Gasteiger partial charge in [-0.2, -0.15) is 5.10 Å². The van der Waals surface area contributed by atoms with Gasteiger partial charge in [-0.25, -0.2) is 0 Å². The van der Waals surface area contributed by atoms with Gasteiger partial charge in [0.1, 0.15) is 0 Å². The third-order valence-electron chi connectivity index (χ3n) is 2.46. The molecule has 2 rings (SSSR count). The number of anilines is 1. The van der Waals surface area contributed by atoms with Gasteiger partial charge in [-0.1, -0.05) is 23.7 Å². The summed E-state index contributed by atoms with van der Waals surface area (Å²) < 4.78 is 1.82. The summed E-state index contributed by atoms with van der Waals surface area (Å²) in [5.41, 5.74) is 3.18. The summed E-state index contributed by atoms with van der Waals surface area (Å²) in [6.45, 7) is 2.74. The van der Waals surface area contributed by atoms with E-state index in [2.05, 4.69) is 10.4 Å². The Morgan fingerprint density at radius 3 is 2.75 bits per heavy atom. The zero-order valence-corrected chi connectivity index (χ0v) is 10.1. The molecule has 0 aliphatic heterocycles. The molecule has 3 nitrogen and oxygen atoms in total. The SMILES string of the molecule is Cc1nn(C)cc1CNc1ccccc1Cl. The highest BCUT2D eigenvalue weighted by Crippen LogP contribution is 2.21. The van der Waals surface area contributed by atoms with Crippen LogP contribution in [0.1, 0.15) is 11.3 Å². The van der Waals surface area contributed by atoms with Crippen molar-refractivity contribution in [1.29, 1.82) is 0 Å². The summed E-state index contributed by atoms with van der Waals surface area (Å²) in [5.74, 6) is 0. The van der Waals surface area contributed by atoms with E-state index in [4.69, 9.17) is 11.6 Å². The molecule has 1 N–H and O–H groups in total. The van der Waals surface area contributed by atoms with Gasteiger partial charge in [0.2, 0.25) is 0 Å². The minimum absolute atomic E-state index is 0.739. The standard InChI is InChI=1S/C12H14ClN3/c1-9-10(8-16(2)15-9)7-14-12-6-4-3-5-11(12)13/h3-6,8,14H,7H2,1-2H3. The molecule has 1 heterocycles. The van der Waals surface area contributed by atoms with Crippen molar-refractivity contribution >= 4 is 17.3 Å². The lowest BCUT2D eigenvalue weighted by Crippen LogP contribution is -2.00. The Kier molecular flexibility index (Phi) is 3.15. The molecule has 0 fully saturated rings. The number of halogens is 1. The Hall–Kier alpha value is -1.48. The number of nitrogens with one attached hydrogen (secondary N) is 1. The van der Waals surface area contributed by atoms with Gasteiger partial charge in [0.15, 0.2) is 0 Å². The van der Waals surface area contributed by atoms with Gasteiger partial charge >= 0.3 is 0 Å². The molecule has 0 unspecified atom stereocenters. The average molecular weight is 236 g/mol. The maximum Gasteiger partial charge on any atom is 0.0643 e. The molecule has 0 saturated carbocycles. The summed E-state index contributed by atoms with van der Waals surface area (Å²) in [6.07, 6.45) is 2.01. The lowest BCUT2D eigenvalue weighted by molar-refractivity contribution is 0.756. The number of aromatic nitrogens is 2. The third-order valence-corrected chi connectivity index (χ3v) is 2.79. The summed E-state index contributed by atoms with van der Waals surface area (Å²) in [5, 5.41) is 8.33. The fourth-order valence-electron chi connectivity index (χ4n) is 1.62. The molecule has 16 heavy (non-hydrogen) atoms. The van der Waals surface area contributed by atoms with Crippen LogP contribution >= 0.6 is 11.6 Å². The van der Waals surface area contributed by atoms with Gasteiger partial charge in [-0.05, 0) is 19.1 Å². The van der Waals surface area contributed by atoms with Crippen LogP contribution in [0.25, 0.3) is 0 Å². The van der Waals surface area contributed by atoms with Crippen LogP contribution in [0.15, 0.2) is 30.5 Å². The van der Waals surface area contributed by atoms with Crippen molar-refractivity contribution in [1.82, 2.24) is 9.78 Å². The van der Waals surface area contributed by atoms with Crippen LogP contribution in [0.5, 0.6) is 0 Å². The first kappa shape index (κ1) is 11.0. The maximum absolute atomic E-state index is 6.05. The van der Waals surface area contributed by atoms with E-state index in [1.165, 1.54) is 5.56 Å². The number of rotatable bonds is 3. The largest absolute Gasteiger partial charge is 0.380 e. The van der Waals surface area contributed by atoms with Crippen LogP contribution in [0.2, 0.25) is 5.02 Å². The zero-order chi connectivity index (χ0) is 11.5. The van der Waals surface area contributed by atoms with Crippen molar-refractivity contribution in [3.63, 3.8) is 0 Å². The molecule has 0 atom stereocenters. The van der Waals surface area contributed by atoms with E-state index in [0.717, 1.165) is 22.9 Å². The second-order valence-corrected chi connectivity index (χ2v) is 4.15. The fourth-order valence-corrected chi connectivity index (χ4v) is 1.82. The maximum atomic E-state index is 6.05. The Balaban J connectivity index is 2.08. The number of benzene rings is 1. The molecule has 0 radical (unpaired) electrons. The molecule has 0 aliphatic rings. The summed E-state index contributed by atoms with van der Waals surface area (Å²) >= 11 is 6.05. The highest BCUT2D eigenvalue weighted by atomic mass is 35.5. The van der Waals surface area contributed by atoms with Crippen molar-refractivity contribution in [3.8, 4) is 0 Å². The highest BCUT2D eigenvalue weighted by molar-refractivity contribution is 6.33. The highest BCUT2D eigenvalue weighted by Gasteiger charge is 2.03. The van der Waals surface area contributed by atoms with Crippen LogP contribution in [0.4, 0.5) is 5.69 Å². The molecule has 0 saturated heterocycles. The topological polar surface area (TPSA) is 29.9 Å². The van der Waals surface area contributed by atoms with Crippen LogP contribution in [0, 0.1) is 6.92 Å². The molecule has 84 valence electrons. The second kappa shape index (κ2) is 4.58. The lowest BCUT2D eigenvalue weighted by atomic mass is 10.2. The number of hydrogen-bond acceptors (Lipinski definition) is 2. The first-order valence-electron chi connectivity index (χ1n) is 5.14. The number of aryl methyl sites for hydroxylation is 2. The molecule has 2 aromatic rings. The van der Waals surface area contributed by atoms with Crippen molar-refractivity contribution in [2.24, 2.45) is 7.05 Å². The van der Waals surface area contributed by atoms with Gasteiger partial charge in [-0.3, -0.25) is 4.68 Å². The van der Waals surface area contributed by atoms with Crippen LogP contribution in [-0.4, -0.2) is 9.78 Å². The minimum Gasteiger partial charge on any atom is -0.380 e. The van der Waals surface area contributed by atoms with E-state index in [1.54, 1.807) is 0 Å². The molecule has 0 bridgehead atoms. The van der Waals surface area contributed by atoms with E-state index >= 15 is 0 Å². The summed E-state index contributed by atoms with van der Waals surface area (Å²) in [4.78, 5) is 0. The summed E-state index contributed by atoms with van der Waals surface area (Å²) in [7, 11) is 1.92. The van der Waals surface area contributed by atoms with Gasteiger partial charge < -0.3 is 5.32 Å². The van der Waals surface area contributed by atoms with E-state index in [-0.39, 0.29) is 0 Å². The van der Waals surface area contributed by atoms with Gasteiger partial charge in [-0.15, -0.1) is 0 Å². The first-order valence-corrected chi connectivity index (χ1v) is 5.52. The molecule has 1 aromatic carbocycles. The first-order chi connectivity index (χ1) is 7.66. The summed E-state index contributed by atoms with van der Waals surface area (Å²) in [6, 6.07) is 7.72. The quantitative estimate of drug-likeness (QED) is 0.887. The van der Waals surface area contributed by atoms with Crippen molar-refractivity contribution in [2.75, 3.05) is 5.32 Å². The van der Waals surface area contributed by atoms with E-state index in [0.29, 0.717) is 0 Å². The molecule has 4 heteroatoms. The molecule has 0 spiro atoms. The third kappa shape index (κ3) is 2.36. The Morgan fingerprint density at radius 2 is 2.12 bits per heavy atom. The van der Waals surface area contributed by atoms with Crippen molar-refractivity contribution in [2.45, 2.75) is 13.5 Å². The smallest absolute Gasteiger partial charge is 0.0643 e. The Labute approximate surface area is 100 Å². The lowest BCUT2D eigenvalue weighted by Gasteiger charge is -2.06. The molecule has 1 aromatic heterocycles. The average Bonchev–Trinajstić information content (AvgIpc) is 2.56. The predicted molar refractivity (Wildman–Crippen MR) is 66.7 cm³/mol. The van der Waals surface area contributed by atoms with Crippen LogP contribution in [-0.2, 0) is 13.6 Å².